The van der Waals surface area contributed by atoms with Crippen LogP contribution in [0.15, 0.2) is 29.2 Å². The summed E-state index contributed by atoms with van der Waals surface area (Å²) in [5.74, 6) is 2.45. The van der Waals surface area contributed by atoms with Crippen molar-refractivity contribution in [2.75, 3.05) is 13.1 Å². The van der Waals surface area contributed by atoms with Crippen LogP contribution in [0.4, 0.5) is 0 Å². The fourth-order valence-electron chi connectivity index (χ4n) is 7.03. The molecule has 1 aromatic rings. The summed E-state index contributed by atoms with van der Waals surface area (Å²) in [7, 11) is -3.64. The first-order valence-electron chi connectivity index (χ1n) is 11.2. The van der Waals surface area contributed by atoms with E-state index in [1.165, 1.54) is 42.8 Å². The van der Waals surface area contributed by atoms with Gasteiger partial charge in [-0.2, -0.15) is 4.31 Å². The molecule has 1 aromatic carbocycles. The molecule has 4 bridgehead atoms. The van der Waals surface area contributed by atoms with Gasteiger partial charge in [-0.1, -0.05) is 17.7 Å². The minimum absolute atomic E-state index is 0.103. The van der Waals surface area contributed by atoms with Crippen LogP contribution >= 0.6 is 0 Å². The molecule has 158 valence electrons. The number of benzene rings is 1. The van der Waals surface area contributed by atoms with Gasteiger partial charge in [0.15, 0.2) is 0 Å². The third-order valence-corrected chi connectivity index (χ3v) is 9.86. The van der Waals surface area contributed by atoms with E-state index in [0.29, 0.717) is 13.0 Å². The molecule has 5 fully saturated rings. The van der Waals surface area contributed by atoms with Crippen LogP contribution in [0.25, 0.3) is 0 Å². The molecule has 0 radical (unpaired) electrons. The minimum atomic E-state index is -3.64. The predicted octanol–water partition coefficient (Wildman–Crippen LogP) is 3.48. The predicted molar refractivity (Wildman–Crippen MR) is 112 cm³/mol. The Labute approximate surface area is 174 Å². The van der Waals surface area contributed by atoms with E-state index in [9.17, 15) is 13.2 Å². The summed E-state index contributed by atoms with van der Waals surface area (Å²) in [6.07, 6.45) is 9.24. The summed E-state index contributed by atoms with van der Waals surface area (Å²) in [6, 6.07) is 6.34. The number of amides is 1. The molecule has 1 saturated heterocycles. The Balaban J connectivity index is 1.28. The number of hydrogen-bond acceptors (Lipinski definition) is 3. The normalized spacial score (nSPS) is 36.4. The van der Waals surface area contributed by atoms with Crippen molar-refractivity contribution in [1.29, 1.82) is 0 Å². The van der Waals surface area contributed by atoms with Gasteiger partial charge in [-0.05, 0) is 93.6 Å². The molecular formula is C23H32N2O3S. The number of aryl methyl sites for hydroxylation is 1. The highest BCUT2D eigenvalue weighted by atomic mass is 32.2. The molecule has 0 spiro atoms. The maximum atomic E-state index is 13.1. The van der Waals surface area contributed by atoms with Crippen LogP contribution in [0.5, 0.6) is 0 Å². The molecule has 4 saturated carbocycles. The highest BCUT2D eigenvalue weighted by molar-refractivity contribution is 7.89. The number of sulfonamides is 1. The Hall–Kier alpha value is -1.40. The second-order valence-electron chi connectivity index (χ2n) is 10.2. The monoisotopic (exact) mass is 416 g/mol. The number of carbonyl (C=O) groups is 1. The van der Waals surface area contributed by atoms with Gasteiger partial charge in [0.2, 0.25) is 15.9 Å². The molecule has 6 rings (SSSR count). The maximum absolute atomic E-state index is 13.1. The second-order valence-corrected chi connectivity index (χ2v) is 12.1. The number of hydrogen-bond donors (Lipinski definition) is 1. The van der Waals surface area contributed by atoms with E-state index in [2.05, 4.69) is 5.32 Å². The average molecular weight is 417 g/mol. The molecule has 1 aliphatic heterocycles. The van der Waals surface area contributed by atoms with Crippen molar-refractivity contribution in [3.63, 3.8) is 0 Å². The lowest BCUT2D eigenvalue weighted by Crippen LogP contribution is -2.53. The van der Waals surface area contributed by atoms with Crippen molar-refractivity contribution >= 4 is 15.9 Å². The molecule has 1 amide bonds. The first-order chi connectivity index (χ1) is 13.8. The molecule has 1 N–H and O–H groups in total. The summed E-state index contributed by atoms with van der Waals surface area (Å²) in [6.45, 7) is 3.09. The second kappa shape index (κ2) is 7.09. The topological polar surface area (TPSA) is 66.5 Å². The summed E-state index contributed by atoms with van der Waals surface area (Å²) >= 11 is 0. The third kappa shape index (κ3) is 3.52. The van der Waals surface area contributed by atoms with E-state index in [-0.39, 0.29) is 16.2 Å². The molecule has 5 nitrogen and oxygen atoms in total. The SMILES string of the molecule is Cc1ccc(S(=O)(=O)N2CCC[C@H]2C(=O)NCC23CC4CC(CC(C4)C2)C3)cc1. The van der Waals surface area contributed by atoms with E-state index in [4.69, 9.17) is 0 Å². The fourth-order valence-corrected chi connectivity index (χ4v) is 8.69. The van der Waals surface area contributed by atoms with Crippen molar-refractivity contribution in [1.82, 2.24) is 9.62 Å². The van der Waals surface area contributed by atoms with Crippen LogP contribution < -0.4 is 5.32 Å². The Morgan fingerprint density at radius 2 is 1.66 bits per heavy atom. The highest BCUT2D eigenvalue weighted by Gasteiger charge is 2.51. The highest BCUT2D eigenvalue weighted by Crippen LogP contribution is 2.59. The molecule has 4 aliphatic carbocycles. The molecular weight excluding hydrogens is 384 g/mol. The summed E-state index contributed by atoms with van der Waals surface area (Å²) in [5, 5.41) is 3.20. The standard InChI is InChI=1S/C23H32N2O3S/c1-16-4-6-20(7-5-16)29(27,28)25-8-2-3-21(25)22(26)24-15-23-12-17-9-18(13-23)11-19(10-17)14-23/h4-7,17-19,21H,2-3,8-15H2,1H3,(H,24,26)/t17?,18?,19?,21-,23?/m0/s1. The van der Waals surface area contributed by atoms with Gasteiger partial charge < -0.3 is 5.32 Å². The van der Waals surface area contributed by atoms with Gasteiger partial charge in [0.25, 0.3) is 0 Å². The zero-order valence-electron chi connectivity index (χ0n) is 17.3. The summed E-state index contributed by atoms with van der Waals surface area (Å²) in [4.78, 5) is 13.3. The van der Waals surface area contributed by atoms with Crippen molar-refractivity contribution < 1.29 is 13.2 Å². The van der Waals surface area contributed by atoms with Crippen LogP contribution in [0, 0.1) is 30.1 Å². The van der Waals surface area contributed by atoms with Crippen LogP contribution in [-0.2, 0) is 14.8 Å². The third-order valence-electron chi connectivity index (χ3n) is 7.94. The first-order valence-corrected chi connectivity index (χ1v) is 12.6. The van der Waals surface area contributed by atoms with Gasteiger partial charge in [-0.15, -0.1) is 0 Å². The molecule has 0 unspecified atom stereocenters. The van der Waals surface area contributed by atoms with Gasteiger partial charge in [0.1, 0.15) is 6.04 Å². The lowest BCUT2D eigenvalue weighted by atomic mass is 9.49. The zero-order chi connectivity index (χ0) is 20.2. The van der Waals surface area contributed by atoms with Gasteiger partial charge in [-0.25, -0.2) is 8.42 Å². The number of nitrogens with zero attached hydrogens (tertiary/aromatic N) is 1. The van der Waals surface area contributed by atoms with E-state index in [1.807, 2.05) is 19.1 Å². The molecule has 1 atom stereocenters. The van der Waals surface area contributed by atoms with E-state index in [0.717, 1.165) is 36.3 Å². The minimum Gasteiger partial charge on any atom is -0.354 e. The Bertz CT molecular complexity index is 858. The Morgan fingerprint density at radius 3 is 2.24 bits per heavy atom. The quantitative estimate of drug-likeness (QED) is 0.799. The number of carbonyl (C=O) groups excluding carboxylic acids is 1. The summed E-state index contributed by atoms with van der Waals surface area (Å²) in [5.41, 5.74) is 1.29. The fraction of sp³-hybridized carbons (Fsp3) is 0.696. The lowest BCUT2D eigenvalue weighted by Gasteiger charge is -2.57. The van der Waals surface area contributed by atoms with Gasteiger partial charge in [0, 0.05) is 13.1 Å². The molecule has 5 aliphatic rings. The average Bonchev–Trinajstić information content (AvgIpc) is 3.16. The van der Waals surface area contributed by atoms with Crippen LogP contribution in [-0.4, -0.2) is 37.8 Å². The maximum Gasteiger partial charge on any atom is 0.243 e. The molecule has 0 aromatic heterocycles. The van der Waals surface area contributed by atoms with Gasteiger partial charge >= 0.3 is 0 Å². The zero-order valence-corrected chi connectivity index (χ0v) is 18.1. The smallest absolute Gasteiger partial charge is 0.243 e. The molecule has 29 heavy (non-hydrogen) atoms. The van der Waals surface area contributed by atoms with Gasteiger partial charge in [0.05, 0.1) is 4.90 Å². The molecule has 6 heteroatoms. The van der Waals surface area contributed by atoms with Crippen LogP contribution in [0.1, 0.15) is 56.9 Å². The molecule has 1 heterocycles. The summed E-state index contributed by atoms with van der Waals surface area (Å²) < 4.78 is 27.7. The van der Waals surface area contributed by atoms with Crippen molar-refractivity contribution in [3.8, 4) is 0 Å². The van der Waals surface area contributed by atoms with Crippen molar-refractivity contribution in [2.45, 2.75) is 69.2 Å². The van der Waals surface area contributed by atoms with E-state index < -0.39 is 16.1 Å². The van der Waals surface area contributed by atoms with Crippen LogP contribution in [0.2, 0.25) is 0 Å². The van der Waals surface area contributed by atoms with Crippen molar-refractivity contribution in [2.24, 2.45) is 23.2 Å². The number of nitrogens with one attached hydrogen (secondary N) is 1. The largest absolute Gasteiger partial charge is 0.354 e. The van der Waals surface area contributed by atoms with E-state index in [1.54, 1.807) is 12.1 Å². The first kappa shape index (κ1) is 19.6. The van der Waals surface area contributed by atoms with Gasteiger partial charge in [-0.3, -0.25) is 4.79 Å². The Morgan fingerprint density at radius 1 is 1.07 bits per heavy atom. The Kier molecular flexibility index (Phi) is 4.78. The van der Waals surface area contributed by atoms with Crippen LogP contribution in [0.3, 0.4) is 0 Å². The lowest BCUT2D eigenvalue weighted by molar-refractivity contribution is -0.126. The number of rotatable bonds is 5. The van der Waals surface area contributed by atoms with E-state index >= 15 is 0 Å². The van der Waals surface area contributed by atoms with Crippen molar-refractivity contribution in [3.05, 3.63) is 29.8 Å².